The van der Waals surface area contributed by atoms with Crippen LogP contribution in [-0.4, -0.2) is 22.6 Å². The summed E-state index contributed by atoms with van der Waals surface area (Å²) in [7, 11) is 0. The maximum Gasteiger partial charge on any atom is 0.160 e. The molecule has 0 amide bonds. The summed E-state index contributed by atoms with van der Waals surface area (Å²) in [5.74, 6) is 0.796. The van der Waals surface area contributed by atoms with Crippen molar-refractivity contribution in [3.63, 3.8) is 0 Å². The Bertz CT molecular complexity index is 535. The number of benzene rings is 1. The van der Waals surface area contributed by atoms with Crippen LogP contribution in [0.5, 0.6) is 5.75 Å². The summed E-state index contributed by atoms with van der Waals surface area (Å²) in [5, 5.41) is 7.62. The molecule has 1 aromatic heterocycles. The molecule has 3 rings (SSSR count). The zero-order valence-corrected chi connectivity index (χ0v) is 11.4. The minimum Gasteiger partial charge on any atom is -0.472 e. The minimum absolute atomic E-state index is 0.127. The molecule has 1 saturated heterocycles. The van der Waals surface area contributed by atoms with E-state index in [1.54, 1.807) is 6.20 Å². The largest absolute Gasteiger partial charge is 0.472 e. The number of nitrogens with zero attached hydrogens (tertiary/aromatic N) is 2. The molecule has 1 aliphatic rings. The van der Waals surface area contributed by atoms with Gasteiger partial charge in [-0.3, -0.25) is 5.32 Å². The number of nitrogens with one attached hydrogen (secondary N) is 1. The van der Waals surface area contributed by atoms with Gasteiger partial charge >= 0.3 is 0 Å². The molecule has 0 bridgehead atoms. The first-order chi connectivity index (χ1) is 8.83. The van der Waals surface area contributed by atoms with Gasteiger partial charge < -0.3 is 4.74 Å². The molecule has 1 aromatic carbocycles. The van der Waals surface area contributed by atoms with Crippen LogP contribution in [0.3, 0.4) is 0 Å². The van der Waals surface area contributed by atoms with Crippen molar-refractivity contribution < 1.29 is 4.74 Å². The predicted octanol–water partition coefficient (Wildman–Crippen LogP) is 2.72. The Labute approximate surface area is 114 Å². The highest BCUT2D eigenvalue weighted by Crippen LogP contribution is 2.22. The summed E-state index contributed by atoms with van der Waals surface area (Å²) in [5.41, 5.74) is 1.01. The van der Waals surface area contributed by atoms with Crippen LogP contribution in [0.15, 0.2) is 41.1 Å². The smallest absolute Gasteiger partial charge is 0.160 e. The molecule has 1 fully saturated rings. The highest BCUT2D eigenvalue weighted by Gasteiger charge is 2.16. The number of hydrogen-bond acceptors (Lipinski definition) is 3. The van der Waals surface area contributed by atoms with Crippen molar-refractivity contribution in [3.05, 3.63) is 41.1 Å². The summed E-state index contributed by atoms with van der Waals surface area (Å²) in [6, 6.07) is 7.97. The maximum atomic E-state index is 5.81. The van der Waals surface area contributed by atoms with E-state index >= 15 is 0 Å². The van der Waals surface area contributed by atoms with E-state index < -0.39 is 0 Å². The Morgan fingerprint density at radius 2 is 2.28 bits per heavy atom. The average molecular weight is 308 g/mol. The fourth-order valence-electron chi connectivity index (χ4n) is 2.05. The molecular weight excluding hydrogens is 294 g/mol. The standard InChI is InChI=1S/C13H14BrN3O/c14-11-4-1-2-5-12(11)17-9-10(8-16-17)18-13-6-3-7-15-13/h1-2,4-5,8-9,13,15H,3,6-7H2. The molecule has 2 heterocycles. The first-order valence-electron chi connectivity index (χ1n) is 6.02. The van der Waals surface area contributed by atoms with Crippen molar-refractivity contribution in [2.75, 3.05) is 6.54 Å². The summed E-state index contributed by atoms with van der Waals surface area (Å²) < 4.78 is 8.63. The molecule has 2 aromatic rings. The lowest BCUT2D eigenvalue weighted by molar-refractivity contribution is 0.187. The lowest BCUT2D eigenvalue weighted by Crippen LogP contribution is -2.27. The molecule has 0 aliphatic carbocycles. The third kappa shape index (κ3) is 2.42. The predicted molar refractivity (Wildman–Crippen MR) is 72.9 cm³/mol. The third-order valence-electron chi connectivity index (χ3n) is 2.95. The number of aromatic nitrogens is 2. The average Bonchev–Trinajstić information content (AvgIpc) is 3.02. The van der Waals surface area contributed by atoms with Gasteiger partial charge in [-0.05, 0) is 47.4 Å². The number of para-hydroxylation sites is 1. The zero-order chi connectivity index (χ0) is 12.4. The van der Waals surface area contributed by atoms with Gasteiger partial charge in [-0.15, -0.1) is 0 Å². The molecule has 4 nitrogen and oxygen atoms in total. The second kappa shape index (κ2) is 5.12. The molecule has 1 unspecified atom stereocenters. The summed E-state index contributed by atoms with van der Waals surface area (Å²) >= 11 is 3.52. The Balaban J connectivity index is 1.79. The van der Waals surface area contributed by atoms with Crippen LogP contribution in [-0.2, 0) is 0 Å². The topological polar surface area (TPSA) is 39.1 Å². The fraction of sp³-hybridized carbons (Fsp3) is 0.308. The van der Waals surface area contributed by atoms with E-state index in [1.807, 2.05) is 35.1 Å². The minimum atomic E-state index is 0.127. The van der Waals surface area contributed by atoms with E-state index in [-0.39, 0.29) is 6.23 Å². The van der Waals surface area contributed by atoms with Crippen LogP contribution in [0.4, 0.5) is 0 Å². The van der Waals surface area contributed by atoms with Gasteiger partial charge in [0.15, 0.2) is 5.75 Å². The van der Waals surface area contributed by atoms with Gasteiger partial charge in [0.05, 0.1) is 18.1 Å². The van der Waals surface area contributed by atoms with E-state index in [0.29, 0.717) is 0 Å². The SMILES string of the molecule is Brc1ccccc1-n1cc(OC2CCCN2)cn1. The van der Waals surface area contributed by atoms with Crippen molar-refractivity contribution >= 4 is 15.9 Å². The summed E-state index contributed by atoms with van der Waals surface area (Å²) in [4.78, 5) is 0. The zero-order valence-electron chi connectivity index (χ0n) is 9.84. The van der Waals surface area contributed by atoms with Gasteiger partial charge in [-0.2, -0.15) is 5.10 Å². The van der Waals surface area contributed by atoms with Crippen LogP contribution in [0.2, 0.25) is 0 Å². The first-order valence-corrected chi connectivity index (χ1v) is 6.82. The lowest BCUT2D eigenvalue weighted by Gasteiger charge is -2.10. The van der Waals surface area contributed by atoms with Crippen LogP contribution in [0, 0.1) is 0 Å². The third-order valence-corrected chi connectivity index (χ3v) is 3.62. The molecule has 1 atom stereocenters. The molecule has 5 heteroatoms. The van der Waals surface area contributed by atoms with Crippen molar-refractivity contribution in [2.24, 2.45) is 0 Å². The maximum absolute atomic E-state index is 5.81. The second-order valence-electron chi connectivity index (χ2n) is 4.27. The fourth-order valence-corrected chi connectivity index (χ4v) is 2.52. The Kier molecular flexibility index (Phi) is 3.34. The van der Waals surface area contributed by atoms with Gasteiger partial charge in [0.25, 0.3) is 0 Å². The Hall–Kier alpha value is -1.33. The van der Waals surface area contributed by atoms with Gasteiger partial charge in [0, 0.05) is 4.47 Å². The van der Waals surface area contributed by atoms with E-state index in [1.165, 1.54) is 6.42 Å². The molecule has 0 radical (unpaired) electrons. The summed E-state index contributed by atoms with van der Waals surface area (Å²) in [6.07, 6.45) is 6.00. The number of ether oxygens (including phenoxy) is 1. The highest BCUT2D eigenvalue weighted by atomic mass is 79.9. The van der Waals surface area contributed by atoms with E-state index in [9.17, 15) is 0 Å². The lowest BCUT2D eigenvalue weighted by atomic mass is 10.3. The van der Waals surface area contributed by atoms with Gasteiger partial charge in [0.2, 0.25) is 0 Å². The first kappa shape index (κ1) is 11.7. The van der Waals surface area contributed by atoms with E-state index in [0.717, 1.165) is 28.9 Å². The van der Waals surface area contributed by atoms with Crippen LogP contribution < -0.4 is 10.1 Å². The van der Waals surface area contributed by atoms with Gasteiger partial charge in [0.1, 0.15) is 6.23 Å². The molecule has 0 saturated carbocycles. The molecule has 1 aliphatic heterocycles. The van der Waals surface area contributed by atoms with Crippen LogP contribution in [0.1, 0.15) is 12.8 Å². The van der Waals surface area contributed by atoms with Crippen molar-refractivity contribution in [3.8, 4) is 11.4 Å². The monoisotopic (exact) mass is 307 g/mol. The second-order valence-corrected chi connectivity index (χ2v) is 5.13. The number of hydrogen-bond donors (Lipinski definition) is 1. The molecule has 0 spiro atoms. The summed E-state index contributed by atoms with van der Waals surface area (Å²) in [6.45, 7) is 1.03. The number of halogens is 1. The van der Waals surface area contributed by atoms with E-state index in [2.05, 4.69) is 26.3 Å². The normalized spacial score (nSPS) is 19.1. The van der Waals surface area contributed by atoms with Crippen molar-refractivity contribution in [1.29, 1.82) is 0 Å². The number of rotatable bonds is 3. The van der Waals surface area contributed by atoms with Crippen LogP contribution >= 0.6 is 15.9 Å². The Morgan fingerprint density at radius 1 is 1.39 bits per heavy atom. The quantitative estimate of drug-likeness (QED) is 0.947. The highest BCUT2D eigenvalue weighted by molar-refractivity contribution is 9.10. The van der Waals surface area contributed by atoms with E-state index in [4.69, 9.17) is 4.74 Å². The van der Waals surface area contributed by atoms with Gasteiger partial charge in [-0.25, -0.2) is 4.68 Å². The molecule has 18 heavy (non-hydrogen) atoms. The molecular formula is C13H14BrN3O. The van der Waals surface area contributed by atoms with Crippen molar-refractivity contribution in [2.45, 2.75) is 19.1 Å². The molecule has 94 valence electrons. The van der Waals surface area contributed by atoms with Gasteiger partial charge in [-0.1, -0.05) is 12.1 Å². The molecule has 1 N–H and O–H groups in total. The Morgan fingerprint density at radius 3 is 3.06 bits per heavy atom. The van der Waals surface area contributed by atoms with Crippen LogP contribution in [0.25, 0.3) is 5.69 Å². The van der Waals surface area contributed by atoms with Crippen molar-refractivity contribution in [1.82, 2.24) is 15.1 Å².